The molecule has 1 heterocycles. The smallest absolute Gasteiger partial charge is 0.314 e. The van der Waals surface area contributed by atoms with Crippen LogP contribution in [0.2, 0.25) is 0 Å². The number of esters is 1. The monoisotopic (exact) mass is 325 g/mol. The fourth-order valence-corrected chi connectivity index (χ4v) is 2.65. The molecule has 2 rings (SSSR count). The molecule has 19 heavy (non-hydrogen) atoms. The average molecular weight is 326 g/mol. The van der Waals surface area contributed by atoms with Crippen LogP contribution in [-0.2, 0) is 14.3 Å². The van der Waals surface area contributed by atoms with Gasteiger partial charge in [-0.1, -0.05) is 28.1 Å². The van der Waals surface area contributed by atoms with Gasteiger partial charge in [0.25, 0.3) is 0 Å². The number of ether oxygens (including phenoxy) is 1. The van der Waals surface area contributed by atoms with Crippen molar-refractivity contribution in [3.63, 3.8) is 0 Å². The first-order valence-electron chi connectivity index (χ1n) is 6.20. The van der Waals surface area contributed by atoms with E-state index < -0.39 is 5.92 Å². The molecule has 0 spiro atoms. The topological polar surface area (TPSA) is 55.4 Å². The molecule has 1 aromatic carbocycles. The van der Waals surface area contributed by atoms with E-state index >= 15 is 0 Å². The van der Waals surface area contributed by atoms with E-state index in [1.54, 1.807) is 0 Å². The van der Waals surface area contributed by atoms with Crippen LogP contribution in [0.5, 0.6) is 0 Å². The highest BCUT2D eigenvalue weighted by Gasteiger charge is 2.33. The minimum Gasteiger partial charge on any atom is -0.469 e. The Morgan fingerprint density at radius 2 is 2.11 bits per heavy atom. The van der Waals surface area contributed by atoms with E-state index in [0.29, 0.717) is 19.4 Å². The van der Waals surface area contributed by atoms with Gasteiger partial charge in [-0.25, -0.2) is 0 Å². The number of piperidine rings is 1. The van der Waals surface area contributed by atoms with Crippen molar-refractivity contribution in [3.05, 3.63) is 34.3 Å². The summed E-state index contributed by atoms with van der Waals surface area (Å²) in [6.07, 6.45) is 0.903. The summed E-state index contributed by atoms with van der Waals surface area (Å²) in [5.41, 5.74) is 0.863. The van der Waals surface area contributed by atoms with Crippen molar-refractivity contribution in [2.75, 3.05) is 13.7 Å². The normalized spacial score (nSPS) is 20.9. The zero-order valence-corrected chi connectivity index (χ0v) is 12.3. The van der Waals surface area contributed by atoms with Gasteiger partial charge in [-0.15, -0.1) is 0 Å². The first-order valence-corrected chi connectivity index (χ1v) is 6.99. The van der Waals surface area contributed by atoms with Gasteiger partial charge in [0, 0.05) is 29.9 Å². The highest BCUT2D eigenvalue weighted by molar-refractivity contribution is 9.10. The summed E-state index contributed by atoms with van der Waals surface area (Å²) in [5.74, 6) is -0.563. The van der Waals surface area contributed by atoms with Crippen molar-refractivity contribution >= 4 is 27.7 Å². The van der Waals surface area contributed by atoms with E-state index in [-0.39, 0.29) is 17.8 Å². The molecule has 1 fully saturated rings. The van der Waals surface area contributed by atoms with Gasteiger partial charge in [-0.3, -0.25) is 9.59 Å². The highest BCUT2D eigenvalue weighted by atomic mass is 79.9. The standard InChI is InChI=1S/C14H16BrNO3/c1-19-14(18)13(9-2-4-10(15)5-3-9)12-8-11(17)6-7-16-12/h2-5,12-13,16H,6-8H2,1H3/t12-,13-/m0/s1. The number of nitrogens with one attached hydrogen (secondary N) is 1. The van der Waals surface area contributed by atoms with E-state index in [1.807, 2.05) is 24.3 Å². The Morgan fingerprint density at radius 1 is 1.42 bits per heavy atom. The van der Waals surface area contributed by atoms with Crippen LogP contribution >= 0.6 is 15.9 Å². The molecule has 2 atom stereocenters. The zero-order valence-electron chi connectivity index (χ0n) is 10.7. The summed E-state index contributed by atoms with van der Waals surface area (Å²) in [6.45, 7) is 0.619. The molecular formula is C14H16BrNO3. The lowest BCUT2D eigenvalue weighted by atomic mass is 9.86. The lowest BCUT2D eigenvalue weighted by molar-refractivity contribution is -0.143. The molecule has 4 nitrogen and oxygen atoms in total. The number of hydrogen-bond acceptors (Lipinski definition) is 4. The van der Waals surface area contributed by atoms with Crippen LogP contribution in [0.1, 0.15) is 24.3 Å². The number of methoxy groups -OCH3 is 1. The molecule has 1 aliphatic rings. The second-order valence-electron chi connectivity index (χ2n) is 4.61. The predicted octanol–water partition coefficient (Wildman–Crippen LogP) is 2.03. The number of ketones is 1. The molecule has 0 saturated carbocycles. The summed E-state index contributed by atoms with van der Waals surface area (Å²) in [6, 6.07) is 7.35. The van der Waals surface area contributed by atoms with Gasteiger partial charge in [-0.05, 0) is 17.7 Å². The second kappa shape index (κ2) is 6.30. The van der Waals surface area contributed by atoms with Crippen LogP contribution in [0.25, 0.3) is 0 Å². The number of rotatable bonds is 3. The SMILES string of the molecule is COC(=O)[C@@H](c1ccc(Br)cc1)[C@@H]1CC(=O)CCN1. The van der Waals surface area contributed by atoms with E-state index in [4.69, 9.17) is 4.74 Å². The lowest BCUT2D eigenvalue weighted by Gasteiger charge is -2.29. The molecule has 1 aliphatic heterocycles. The first kappa shape index (κ1) is 14.2. The third-order valence-electron chi connectivity index (χ3n) is 3.34. The van der Waals surface area contributed by atoms with Gasteiger partial charge in [-0.2, -0.15) is 0 Å². The molecule has 102 valence electrons. The number of benzene rings is 1. The Morgan fingerprint density at radius 3 is 2.68 bits per heavy atom. The van der Waals surface area contributed by atoms with Crippen molar-refractivity contribution < 1.29 is 14.3 Å². The van der Waals surface area contributed by atoms with E-state index in [0.717, 1.165) is 10.0 Å². The summed E-state index contributed by atoms with van der Waals surface area (Å²) < 4.78 is 5.83. The Kier molecular flexibility index (Phi) is 4.71. The Labute approximate surface area is 120 Å². The predicted molar refractivity (Wildman–Crippen MR) is 74.9 cm³/mol. The highest BCUT2D eigenvalue weighted by Crippen LogP contribution is 2.26. The third-order valence-corrected chi connectivity index (χ3v) is 3.87. The van der Waals surface area contributed by atoms with Gasteiger partial charge >= 0.3 is 5.97 Å². The maximum atomic E-state index is 12.0. The summed E-state index contributed by atoms with van der Waals surface area (Å²) in [5, 5.41) is 3.24. The molecule has 1 saturated heterocycles. The molecule has 0 unspecified atom stereocenters. The number of hydrogen-bond donors (Lipinski definition) is 1. The maximum absolute atomic E-state index is 12.0. The van der Waals surface area contributed by atoms with Gasteiger partial charge < -0.3 is 10.1 Å². The fraction of sp³-hybridized carbons (Fsp3) is 0.429. The second-order valence-corrected chi connectivity index (χ2v) is 5.52. The zero-order chi connectivity index (χ0) is 13.8. The first-order chi connectivity index (χ1) is 9.11. The summed E-state index contributed by atoms with van der Waals surface area (Å²) in [7, 11) is 1.37. The molecule has 0 aliphatic carbocycles. The van der Waals surface area contributed by atoms with Crippen molar-refractivity contribution in [2.45, 2.75) is 24.8 Å². The largest absolute Gasteiger partial charge is 0.469 e. The van der Waals surface area contributed by atoms with Gasteiger partial charge in [0.2, 0.25) is 0 Å². The molecule has 0 aromatic heterocycles. The van der Waals surface area contributed by atoms with Crippen molar-refractivity contribution in [2.24, 2.45) is 0 Å². The van der Waals surface area contributed by atoms with Crippen molar-refractivity contribution in [1.82, 2.24) is 5.32 Å². The maximum Gasteiger partial charge on any atom is 0.314 e. The summed E-state index contributed by atoms with van der Waals surface area (Å²) >= 11 is 3.37. The number of halogens is 1. The molecule has 0 amide bonds. The van der Waals surface area contributed by atoms with Gasteiger partial charge in [0.15, 0.2) is 0 Å². The number of carbonyl (C=O) groups is 2. The molecular weight excluding hydrogens is 310 g/mol. The van der Waals surface area contributed by atoms with Crippen LogP contribution in [0.3, 0.4) is 0 Å². The Bertz CT molecular complexity index is 472. The fourth-order valence-electron chi connectivity index (χ4n) is 2.38. The van der Waals surface area contributed by atoms with Crippen LogP contribution < -0.4 is 5.32 Å². The molecule has 0 radical (unpaired) electrons. The van der Waals surface area contributed by atoms with Crippen molar-refractivity contribution in [1.29, 1.82) is 0 Å². The van der Waals surface area contributed by atoms with Crippen LogP contribution in [0.15, 0.2) is 28.7 Å². The van der Waals surface area contributed by atoms with E-state index in [9.17, 15) is 9.59 Å². The van der Waals surface area contributed by atoms with Crippen molar-refractivity contribution in [3.8, 4) is 0 Å². The van der Waals surface area contributed by atoms with Gasteiger partial charge in [0.05, 0.1) is 13.0 Å². The van der Waals surface area contributed by atoms with Crippen LogP contribution in [-0.4, -0.2) is 31.4 Å². The van der Waals surface area contributed by atoms with E-state index in [1.165, 1.54) is 7.11 Å². The molecule has 0 bridgehead atoms. The van der Waals surface area contributed by atoms with Gasteiger partial charge in [0.1, 0.15) is 5.78 Å². The molecule has 5 heteroatoms. The Hall–Kier alpha value is -1.20. The lowest BCUT2D eigenvalue weighted by Crippen LogP contribution is -2.45. The third kappa shape index (κ3) is 3.42. The quantitative estimate of drug-likeness (QED) is 0.864. The average Bonchev–Trinajstić information content (AvgIpc) is 2.41. The molecule has 1 N–H and O–H groups in total. The summed E-state index contributed by atoms with van der Waals surface area (Å²) in [4.78, 5) is 23.6. The number of carbonyl (C=O) groups excluding carboxylic acids is 2. The van der Waals surface area contributed by atoms with Crippen LogP contribution in [0, 0.1) is 0 Å². The molecule has 1 aromatic rings. The number of Topliss-reactive ketones (excluding diaryl/α,β-unsaturated/α-hetero) is 1. The Balaban J connectivity index is 2.27. The van der Waals surface area contributed by atoms with Crippen LogP contribution in [0.4, 0.5) is 0 Å². The van der Waals surface area contributed by atoms with E-state index in [2.05, 4.69) is 21.2 Å². The minimum atomic E-state index is -0.442. The minimum absolute atomic E-state index is 0.185.